The normalized spacial score (nSPS) is 45.1. The first-order valence-corrected chi connectivity index (χ1v) is 15.5. The molecule has 0 amide bonds. The number of hydrogen-bond acceptors (Lipinski definition) is 8. The molecule has 1 unspecified atom stereocenters. The molecule has 8 heteroatoms. The van der Waals surface area contributed by atoms with E-state index in [-0.39, 0.29) is 53.7 Å². The molecule has 4 aliphatic carbocycles. The molecule has 1 spiro atoms. The van der Waals surface area contributed by atoms with E-state index in [4.69, 9.17) is 18.9 Å². The molecule has 6 rings (SSSR count). The average Bonchev–Trinajstić information content (AvgIpc) is 3.53. The second kappa shape index (κ2) is 9.78. The van der Waals surface area contributed by atoms with E-state index in [0.717, 1.165) is 49.7 Å². The largest absolute Gasteiger partial charge is 0.465 e. The van der Waals surface area contributed by atoms with E-state index in [2.05, 4.69) is 20.8 Å². The Labute approximate surface area is 242 Å². The van der Waals surface area contributed by atoms with Gasteiger partial charge in [-0.3, -0.25) is 14.4 Å². The predicted octanol–water partition coefficient (Wildman–Crippen LogP) is 4.88. The SMILES string of the molecule is CCC1=C(C)C[C@H]([C@@H](C)C2CC[C@H]3[C@@H]4C[C@H]5O[C@]56[C@@H](OC(C)=O)C=CC(=O)[C@]6(COC(C)=O)[C@H]4CC[C@]23C)OC1=O. The molecule has 8 nitrogen and oxygen atoms in total. The number of hydrogen-bond donors (Lipinski definition) is 0. The molecule has 2 aliphatic heterocycles. The maximum atomic E-state index is 14.0. The molecule has 0 radical (unpaired) electrons. The smallest absolute Gasteiger partial charge is 0.334 e. The van der Waals surface area contributed by atoms with Crippen molar-refractivity contribution in [3.8, 4) is 0 Å². The van der Waals surface area contributed by atoms with Crippen LogP contribution in [-0.2, 0) is 38.1 Å². The lowest BCUT2D eigenvalue weighted by Gasteiger charge is -2.59. The number of ketones is 1. The van der Waals surface area contributed by atoms with Crippen LogP contribution in [0.5, 0.6) is 0 Å². The Bertz CT molecular complexity index is 1230. The molecular weight excluding hydrogens is 524 g/mol. The van der Waals surface area contributed by atoms with Crippen LogP contribution < -0.4 is 0 Å². The fourth-order valence-corrected chi connectivity index (χ4v) is 10.5. The number of cyclic esters (lactones) is 1. The van der Waals surface area contributed by atoms with Gasteiger partial charge < -0.3 is 18.9 Å². The number of fused-ring (bicyclic) bond motifs is 4. The van der Waals surface area contributed by atoms with Crippen molar-refractivity contribution in [2.75, 3.05) is 6.61 Å². The third-order valence-electron chi connectivity index (χ3n) is 12.3. The minimum atomic E-state index is -1.08. The number of carbonyl (C=O) groups excluding carboxylic acids is 4. The summed E-state index contributed by atoms with van der Waals surface area (Å²) in [5.41, 5.74) is -0.0652. The third-order valence-corrected chi connectivity index (χ3v) is 12.3. The fourth-order valence-electron chi connectivity index (χ4n) is 10.5. The molecule has 3 saturated carbocycles. The summed E-state index contributed by atoms with van der Waals surface area (Å²) in [7, 11) is 0. The molecule has 0 aromatic rings. The molecule has 0 N–H and O–H groups in total. The molecule has 0 aromatic heterocycles. The fraction of sp³-hybridized carbons (Fsp3) is 0.758. The summed E-state index contributed by atoms with van der Waals surface area (Å²) >= 11 is 0. The summed E-state index contributed by atoms with van der Waals surface area (Å²) in [6, 6.07) is 0. The predicted molar refractivity (Wildman–Crippen MR) is 148 cm³/mol. The van der Waals surface area contributed by atoms with Crippen LogP contribution in [0.2, 0.25) is 0 Å². The molecule has 1 saturated heterocycles. The zero-order valence-corrected chi connectivity index (χ0v) is 25.2. The highest BCUT2D eigenvalue weighted by atomic mass is 16.7. The van der Waals surface area contributed by atoms with Crippen molar-refractivity contribution in [3.05, 3.63) is 23.3 Å². The summed E-state index contributed by atoms with van der Waals surface area (Å²) in [4.78, 5) is 50.9. The second-order valence-corrected chi connectivity index (χ2v) is 13.9. The van der Waals surface area contributed by atoms with Gasteiger partial charge in [0.05, 0.1) is 6.10 Å². The van der Waals surface area contributed by atoms with Gasteiger partial charge in [0.1, 0.15) is 18.1 Å². The molecule has 0 bridgehead atoms. The van der Waals surface area contributed by atoms with E-state index in [1.807, 2.05) is 6.92 Å². The van der Waals surface area contributed by atoms with Crippen LogP contribution in [0.1, 0.15) is 86.5 Å². The lowest BCUT2D eigenvalue weighted by Crippen LogP contribution is -2.67. The van der Waals surface area contributed by atoms with E-state index in [1.165, 1.54) is 19.9 Å². The van der Waals surface area contributed by atoms with Crippen molar-refractivity contribution in [3.63, 3.8) is 0 Å². The number of carbonyl (C=O) groups is 4. The highest BCUT2D eigenvalue weighted by Gasteiger charge is 2.83. The van der Waals surface area contributed by atoms with Crippen LogP contribution in [-0.4, -0.2) is 54.2 Å². The maximum absolute atomic E-state index is 14.0. The van der Waals surface area contributed by atoms with Crippen LogP contribution in [0.3, 0.4) is 0 Å². The van der Waals surface area contributed by atoms with Crippen molar-refractivity contribution < 1.29 is 38.1 Å². The molecule has 4 fully saturated rings. The number of ether oxygens (including phenoxy) is 4. The van der Waals surface area contributed by atoms with Crippen LogP contribution in [0.4, 0.5) is 0 Å². The van der Waals surface area contributed by atoms with Crippen molar-refractivity contribution in [1.29, 1.82) is 0 Å². The second-order valence-electron chi connectivity index (χ2n) is 13.9. The van der Waals surface area contributed by atoms with E-state index < -0.39 is 29.1 Å². The van der Waals surface area contributed by atoms with Gasteiger partial charge in [-0.25, -0.2) is 4.79 Å². The van der Waals surface area contributed by atoms with Gasteiger partial charge in [0.25, 0.3) is 0 Å². The molecule has 11 atom stereocenters. The quantitative estimate of drug-likeness (QED) is 0.253. The Morgan fingerprint density at radius 3 is 2.54 bits per heavy atom. The van der Waals surface area contributed by atoms with Crippen molar-refractivity contribution in [1.82, 2.24) is 0 Å². The van der Waals surface area contributed by atoms with Crippen LogP contribution in [0.25, 0.3) is 0 Å². The summed E-state index contributed by atoms with van der Waals surface area (Å²) < 4.78 is 23.9. The summed E-state index contributed by atoms with van der Waals surface area (Å²) in [6.45, 7) is 11.4. The lowest BCUT2D eigenvalue weighted by atomic mass is 9.44. The van der Waals surface area contributed by atoms with Crippen LogP contribution in [0, 0.1) is 40.4 Å². The van der Waals surface area contributed by atoms with E-state index in [9.17, 15) is 19.2 Å². The molecule has 6 aliphatic rings. The first-order valence-electron chi connectivity index (χ1n) is 15.5. The van der Waals surface area contributed by atoms with Crippen molar-refractivity contribution in [2.45, 2.75) is 110 Å². The molecule has 0 aromatic carbocycles. The highest BCUT2D eigenvalue weighted by molar-refractivity contribution is 5.99. The van der Waals surface area contributed by atoms with E-state index in [1.54, 1.807) is 6.08 Å². The average molecular weight is 569 g/mol. The molecular formula is C33H44O8. The third kappa shape index (κ3) is 3.95. The number of esters is 3. The minimum Gasteiger partial charge on any atom is -0.465 e. The van der Waals surface area contributed by atoms with E-state index in [0.29, 0.717) is 18.3 Å². The lowest BCUT2D eigenvalue weighted by molar-refractivity contribution is -0.181. The summed E-state index contributed by atoms with van der Waals surface area (Å²) in [5.74, 6) is 0.0517. The zero-order chi connectivity index (χ0) is 29.5. The number of epoxide rings is 1. The monoisotopic (exact) mass is 568 g/mol. The van der Waals surface area contributed by atoms with Gasteiger partial charge in [0.2, 0.25) is 0 Å². The minimum absolute atomic E-state index is 0.0377. The van der Waals surface area contributed by atoms with Gasteiger partial charge in [0.15, 0.2) is 17.5 Å². The summed E-state index contributed by atoms with van der Waals surface area (Å²) in [6.07, 6.45) is 8.26. The molecule has 224 valence electrons. The summed E-state index contributed by atoms with van der Waals surface area (Å²) in [5, 5.41) is 0. The Hall–Kier alpha value is -2.48. The maximum Gasteiger partial charge on any atom is 0.334 e. The number of rotatable bonds is 6. The molecule has 2 heterocycles. The molecule has 41 heavy (non-hydrogen) atoms. The van der Waals surface area contributed by atoms with Gasteiger partial charge in [-0.05, 0) is 92.6 Å². The van der Waals surface area contributed by atoms with Crippen LogP contribution >= 0.6 is 0 Å². The number of allylic oxidation sites excluding steroid dienone is 1. The van der Waals surface area contributed by atoms with Crippen LogP contribution in [0.15, 0.2) is 23.3 Å². The first-order chi connectivity index (χ1) is 19.4. The van der Waals surface area contributed by atoms with Gasteiger partial charge in [0, 0.05) is 25.8 Å². The standard InChI is InChI=1S/C33H44O8/c1-7-21-17(2)14-26(40-30(21)37)18(3)23-8-9-24-22-15-29-33(41-29)28(39-20(5)35)11-10-27(36)32(33,16-38-19(4)34)25(22)12-13-31(23,24)6/h10-11,18,22-26,28-29H,7-9,12-16H2,1-6H3/t18-,22-,23?,24-,25-,26+,28-,29+,31+,32-,33+/m0/s1. The Morgan fingerprint density at radius 2 is 1.88 bits per heavy atom. The Morgan fingerprint density at radius 1 is 1.12 bits per heavy atom. The first kappa shape index (κ1) is 28.6. The zero-order valence-electron chi connectivity index (χ0n) is 25.2. The highest BCUT2D eigenvalue weighted by Crippen LogP contribution is 2.73. The van der Waals surface area contributed by atoms with E-state index >= 15 is 0 Å². The van der Waals surface area contributed by atoms with Crippen molar-refractivity contribution >= 4 is 23.7 Å². The van der Waals surface area contributed by atoms with Gasteiger partial charge in [-0.2, -0.15) is 0 Å². The van der Waals surface area contributed by atoms with Gasteiger partial charge in [-0.15, -0.1) is 0 Å². The Kier molecular flexibility index (Phi) is 6.83. The van der Waals surface area contributed by atoms with Crippen molar-refractivity contribution in [2.24, 2.45) is 40.4 Å². The van der Waals surface area contributed by atoms with Gasteiger partial charge in [-0.1, -0.05) is 26.3 Å². The Balaban J connectivity index is 1.31. The topological polar surface area (TPSA) is 108 Å². The van der Waals surface area contributed by atoms with Gasteiger partial charge >= 0.3 is 17.9 Å².